The normalized spacial score (nSPS) is 12.9. The summed E-state index contributed by atoms with van der Waals surface area (Å²) in [7, 11) is 0. The number of aromatic hydroxyl groups is 1. The highest BCUT2D eigenvalue weighted by Gasteiger charge is 2.26. The van der Waals surface area contributed by atoms with Crippen LogP contribution in [0.3, 0.4) is 0 Å². The number of H-pyrrole nitrogens is 1. The molecule has 7 heteroatoms. The van der Waals surface area contributed by atoms with E-state index in [2.05, 4.69) is 54.5 Å². The Hall–Kier alpha value is -4.65. The van der Waals surface area contributed by atoms with Gasteiger partial charge in [0.15, 0.2) is 0 Å². The fraction of sp³-hybridized carbons (Fsp3) is 0.219. The summed E-state index contributed by atoms with van der Waals surface area (Å²) in [6.07, 6.45) is 0.604. The summed E-state index contributed by atoms with van der Waals surface area (Å²) in [5.41, 5.74) is 7.13. The number of phenolic OH excluding ortho intramolecular Hbond substituents is 1. The van der Waals surface area contributed by atoms with Gasteiger partial charge in [-0.2, -0.15) is 0 Å². The maximum atomic E-state index is 12.9. The fourth-order valence-corrected chi connectivity index (χ4v) is 4.85. The Balaban J connectivity index is 1.52. The van der Waals surface area contributed by atoms with Gasteiger partial charge in [0.1, 0.15) is 23.1 Å². The van der Waals surface area contributed by atoms with Crippen LogP contribution < -0.4 is 5.32 Å². The molecule has 39 heavy (non-hydrogen) atoms. The third-order valence-electron chi connectivity index (χ3n) is 7.55. The van der Waals surface area contributed by atoms with Gasteiger partial charge in [0, 0.05) is 11.1 Å². The lowest BCUT2D eigenvalue weighted by Crippen LogP contribution is -2.45. The van der Waals surface area contributed by atoms with Crippen LogP contribution in [0.25, 0.3) is 44.3 Å². The Labute approximate surface area is 226 Å². The molecule has 198 valence electrons. The predicted molar refractivity (Wildman–Crippen MR) is 154 cm³/mol. The number of imidazole rings is 1. The van der Waals surface area contributed by atoms with E-state index in [1.807, 2.05) is 31.2 Å². The quantitative estimate of drug-likeness (QED) is 0.193. The van der Waals surface area contributed by atoms with E-state index in [4.69, 9.17) is 4.98 Å². The van der Waals surface area contributed by atoms with E-state index < -0.39 is 17.9 Å². The second-order valence-corrected chi connectivity index (χ2v) is 10.2. The molecule has 0 spiro atoms. The van der Waals surface area contributed by atoms with E-state index >= 15 is 0 Å². The third kappa shape index (κ3) is 4.95. The number of fused-ring (bicyclic) bond motifs is 3. The van der Waals surface area contributed by atoms with Crippen LogP contribution in [0.15, 0.2) is 66.7 Å². The maximum Gasteiger partial charge on any atom is 0.326 e. The van der Waals surface area contributed by atoms with Crippen LogP contribution in [0.1, 0.15) is 41.8 Å². The van der Waals surface area contributed by atoms with Crippen LogP contribution in [0, 0.1) is 19.8 Å². The number of benzene rings is 4. The molecule has 0 aliphatic heterocycles. The lowest BCUT2D eigenvalue weighted by atomic mass is 9.98. The summed E-state index contributed by atoms with van der Waals surface area (Å²) in [5, 5.41) is 24.3. The molecule has 0 fully saturated rings. The van der Waals surface area contributed by atoms with Crippen LogP contribution in [-0.2, 0) is 4.79 Å². The van der Waals surface area contributed by atoms with Crippen LogP contribution >= 0.6 is 0 Å². The van der Waals surface area contributed by atoms with E-state index in [1.54, 1.807) is 13.0 Å². The van der Waals surface area contributed by atoms with Crippen molar-refractivity contribution in [3.63, 3.8) is 0 Å². The zero-order valence-corrected chi connectivity index (χ0v) is 22.4. The summed E-state index contributed by atoms with van der Waals surface area (Å²) in [6.45, 7) is 7.85. The number of hydrogen-bond acceptors (Lipinski definition) is 4. The first kappa shape index (κ1) is 26.0. The molecule has 2 unspecified atom stereocenters. The van der Waals surface area contributed by atoms with E-state index in [1.165, 1.54) is 17.2 Å². The Kier molecular flexibility index (Phi) is 6.83. The summed E-state index contributed by atoms with van der Waals surface area (Å²) < 4.78 is 0. The SMILES string of the molecule is CCC(C)C(NC(=O)c1cc(O)c2c(ccc3[nH]c(-c4cccc(-c5ccc(C)c(C)c5)c4)nc32)c1)C(=O)O. The molecule has 4 aromatic carbocycles. The summed E-state index contributed by atoms with van der Waals surface area (Å²) in [5.74, 6) is -1.31. The number of nitrogens with one attached hydrogen (secondary N) is 2. The fourth-order valence-electron chi connectivity index (χ4n) is 4.85. The average molecular weight is 522 g/mol. The molecular formula is C32H31N3O4. The number of nitrogens with zero attached hydrogens (tertiary/aromatic N) is 1. The first-order chi connectivity index (χ1) is 18.7. The Morgan fingerprint density at radius 1 is 0.949 bits per heavy atom. The van der Waals surface area contributed by atoms with Gasteiger partial charge in [-0.3, -0.25) is 4.79 Å². The molecule has 0 radical (unpaired) electrons. The number of carboxylic acids is 1. The van der Waals surface area contributed by atoms with Gasteiger partial charge in [-0.05, 0) is 71.7 Å². The number of aliphatic carboxylic acids is 1. The van der Waals surface area contributed by atoms with Crippen molar-refractivity contribution in [3.05, 3.63) is 83.4 Å². The highest BCUT2D eigenvalue weighted by Crippen LogP contribution is 2.35. The number of aromatic amines is 1. The topological polar surface area (TPSA) is 115 Å². The minimum Gasteiger partial charge on any atom is -0.507 e. The molecule has 1 amide bonds. The molecule has 5 rings (SSSR count). The Bertz CT molecular complexity index is 1740. The molecule has 1 aromatic heterocycles. The molecule has 4 N–H and O–H groups in total. The van der Waals surface area contributed by atoms with Crippen molar-refractivity contribution in [2.75, 3.05) is 0 Å². The number of amides is 1. The van der Waals surface area contributed by atoms with Crippen molar-refractivity contribution < 1.29 is 19.8 Å². The van der Waals surface area contributed by atoms with E-state index in [-0.39, 0.29) is 17.2 Å². The monoisotopic (exact) mass is 521 g/mol. The van der Waals surface area contributed by atoms with Gasteiger partial charge in [-0.15, -0.1) is 0 Å². The van der Waals surface area contributed by atoms with Crippen LogP contribution in [0.4, 0.5) is 0 Å². The minimum absolute atomic E-state index is 0.0967. The third-order valence-corrected chi connectivity index (χ3v) is 7.55. The van der Waals surface area contributed by atoms with Crippen molar-refractivity contribution in [2.45, 2.75) is 40.2 Å². The standard InChI is InChI=1S/C32H31N3O4/c1-5-17(2)28(32(38)39)35-31(37)24-15-22-11-12-25-29(27(22)26(36)16-24)34-30(33-25)23-8-6-7-20(14-23)21-10-9-18(3)19(4)13-21/h6-17,28,36H,5H2,1-4H3,(H,33,34)(H,35,37)(H,38,39). The number of rotatable bonds is 7. The number of carbonyl (C=O) groups excluding carboxylic acids is 1. The molecule has 0 aliphatic rings. The van der Waals surface area contributed by atoms with E-state index in [0.29, 0.717) is 28.5 Å². The molecule has 2 atom stereocenters. The number of aryl methyl sites for hydroxylation is 2. The van der Waals surface area contributed by atoms with E-state index in [0.717, 1.165) is 22.2 Å². The summed E-state index contributed by atoms with van der Waals surface area (Å²) >= 11 is 0. The zero-order valence-electron chi connectivity index (χ0n) is 22.4. The molecule has 0 saturated heterocycles. The molecule has 0 bridgehead atoms. The summed E-state index contributed by atoms with van der Waals surface area (Å²) in [6, 6.07) is 20.2. The summed E-state index contributed by atoms with van der Waals surface area (Å²) in [4.78, 5) is 32.8. The highest BCUT2D eigenvalue weighted by atomic mass is 16.4. The van der Waals surface area contributed by atoms with Gasteiger partial charge >= 0.3 is 5.97 Å². The van der Waals surface area contributed by atoms with Gasteiger partial charge < -0.3 is 20.5 Å². The molecule has 0 saturated carbocycles. The number of aromatic nitrogens is 2. The first-order valence-electron chi connectivity index (χ1n) is 13.0. The molecule has 7 nitrogen and oxygen atoms in total. The highest BCUT2D eigenvalue weighted by molar-refractivity contribution is 6.11. The molecule has 1 heterocycles. The van der Waals surface area contributed by atoms with Crippen molar-refractivity contribution in [1.82, 2.24) is 15.3 Å². The van der Waals surface area contributed by atoms with Gasteiger partial charge in [-0.25, -0.2) is 9.78 Å². The van der Waals surface area contributed by atoms with Crippen molar-refractivity contribution in [2.24, 2.45) is 5.92 Å². The van der Waals surface area contributed by atoms with Crippen LogP contribution in [-0.4, -0.2) is 38.1 Å². The van der Waals surface area contributed by atoms with Crippen molar-refractivity contribution in [3.8, 4) is 28.3 Å². The second kappa shape index (κ2) is 10.3. The Morgan fingerprint density at radius 3 is 2.41 bits per heavy atom. The number of phenols is 1. The zero-order chi connectivity index (χ0) is 27.8. The lowest BCUT2D eigenvalue weighted by molar-refractivity contribution is -0.140. The minimum atomic E-state index is -1.09. The van der Waals surface area contributed by atoms with E-state index in [9.17, 15) is 19.8 Å². The van der Waals surface area contributed by atoms with Crippen LogP contribution in [0.2, 0.25) is 0 Å². The molecular weight excluding hydrogens is 490 g/mol. The second-order valence-electron chi connectivity index (χ2n) is 10.2. The van der Waals surface area contributed by atoms with Gasteiger partial charge in [0.05, 0.1) is 10.9 Å². The molecule has 0 aliphatic carbocycles. The number of carboxylic acid groups (broad SMARTS) is 1. The van der Waals surface area contributed by atoms with Crippen LogP contribution in [0.5, 0.6) is 5.75 Å². The largest absolute Gasteiger partial charge is 0.507 e. The average Bonchev–Trinajstić information content (AvgIpc) is 3.37. The van der Waals surface area contributed by atoms with Gasteiger partial charge in [0.25, 0.3) is 5.91 Å². The smallest absolute Gasteiger partial charge is 0.326 e. The first-order valence-corrected chi connectivity index (χ1v) is 13.0. The maximum absolute atomic E-state index is 12.9. The van der Waals surface area contributed by atoms with Gasteiger partial charge in [-0.1, -0.05) is 62.7 Å². The molecule has 5 aromatic rings. The predicted octanol–water partition coefficient (Wildman–Crippen LogP) is 6.60. The Morgan fingerprint density at radius 2 is 1.69 bits per heavy atom. The number of hydrogen-bond donors (Lipinski definition) is 4. The van der Waals surface area contributed by atoms with Gasteiger partial charge in [0.2, 0.25) is 0 Å². The van der Waals surface area contributed by atoms with Crippen molar-refractivity contribution in [1.29, 1.82) is 0 Å². The lowest BCUT2D eigenvalue weighted by Gasteiger charge is -2.20. The number of carbonyl (C=O) groups is 2. The van der Waals surface area contributed by atoms with Crippen molar-refractivity contribution >= 4 is 33.7 Å².